The topological polar surface area (TPSA) is 116 Å². The van der Waals surface area contributed by atoms with E-state index < -0.39 is 31.1 Å². The molecule has 0 rings (SSSR count). The monoisotopic (exact) mass is 310 g/mol. The van der Waals surface area contributed by atoms with Crippen LogP contribution >= 0.6 is 0 Å². The van der Waals surface area contributed by atoms with Crippen molar-refractivity contribution in [1.29, 1.82) is 0 Å². The molecule has 16 heteroatoms. The molecule has 0 atom stereocenters. The first-order chi connectivity index (χ1) is 6.50. The Morgan fingerprint density at radius 2 is 0.667 bits per heavy atom. The van der Waals surface area contributed by atoms with Gasteiger partial charge in [0.15, 0.2) is 20.0 Å². The zero-order valence-corrected chi connectivity index (χ0v) is 10.4. The first-order valence-electron chi connectivity index (χ1n) is 2.62. The van der Waals surface area contributed by atoms with Crippen LogP contribution in [0.5, 0.6) is 0 Å². The Morgan fingerprint density at radius 3 is 0.667 bits per heavy atom. The third-order valence-electron chi connectivity index (χ3n) is 0.609. The Morgan fingerprint density at radius 1 is 0.611 bits per heavy atom. The Hall–Kier alpha value is 0.595. The van der Waals surface area contributed by atoms with E-state index in [2.05, 4.69) is 0 Å². The van der Waals surface area contributed by atoms with Crippen LogP contribution in [0.1, 0.15) is 0 Å². The number of halogens is 6. The van der Waals surface area contributed by atoms with Gasteiger partial charge in [0.1, 0.15) is 0 Å². The van der Waals surface area contributed by atoms with Crippen molar-refractivity contribution in [1.82, 2.24) is 0 Å². The molecule has 0 aliphatic rings. The maximum Gasteiger partial charge on any atom is 1.00 e. The van der Waals surface area contributed by atoms with Crippen molar-refractivity contribution in [2.75, 3.05) is 0 Å². The molecule has 0 spiro atoms. The van der Waals surface area contributed by atoms with Crippen LogP contribution in [0.4, 0.5) is 26.3 Å². The quantitative estimate of drug-likeness (QED) is 0.333. The second kappa shape index (κ2) is 8.01. The van der Waals surface area contributed by atoms with Crippen molar-refractivity contribution in [3.05, 3.63) is 10.3 Å². The summed E-state index contributed by atoms with van der Waals surface area (Å²) >= 11 is 0. The number of hydrogen-bond acceptors (Lipinski definition) is 4. The van der Waals surface area contributed by atoms with E-state index in [0.717, 1.165) is 0 Å². The summed E-state index contributed by atoms with van der Waals surface area (Å²) in [6, 6.07) is 0. The standard InChI is InChI=1S/2CHF3NO2S.2Li/c2*2-1(3,4)8(5,6)7;;/h2*(H-,5,6,7);;/q2*-1;2*+1. The van der Waals surface area contributed by atoms with E-state index >= 15 is 0 Å². The summed E-state index contributed by atoms with van der Waals surface area (Å²) in [4.78, 5) is 0. The summed E-state index contributed by atoms with van der Waals surface area (Å²) in [5.74, 6) is 0. The number of hydrogen-bond donors (Lipinski definition) is 0. The largest absolute Gasteiger partial charge is 1.00 e. The molecule has 0 aliphatic carbocycles. The van der Waals surface area contributed by atoms with Crippen LogP contribution in [0, 0.1) is 0 Å². The molecule has 100 valence electrons. The Labute approximate surface area is 122 Å². The second-order valence-corrected chi connectivity index (χ2v) is 4.84. The van der Waals surface area contributed by atoms with Gasteiger partial charge < -0.3 is 10.3 Å². The zero-order chi connectivity index (χ0) is 14.0. The van der Waals surface area contributed by atoms with E-state index in [1.54, 1.807) is 0 Å². The van der Waals surface area contributed by atoms with Crippen LogP contribution in [0.25, 0.3) is 10.3 Å². The Balaban J connectivity index is -0.0000000980. The molecule has 0 aliphatic heterocycles. The van der Waals surface area contributed by atoms with E-state index in [0.29, 0.717) is 0 Å². The summed E-state index contributed by atoms with van der Waals surface area (Å²) in [7, 11) is -11.2. The molecule has 0 radical (unpaired) electrons. The summed E-state index contributed by atoms with van der Waals surface area (Å²) < 4.78 is 102. The van der Waals surface area contributed by atoms with Gasteiger partial charge in [0.25, 0.3) is 0 Å². The Kier molecular flexibility index (Phi) is 12.0. The molecule has 0 unspecified atom stereocenters. The fraction of sp³-hybridized carbons (Fsp3) is 1.00. The van der Waals surface area contributed by atoms with Crippen molar-refractivity contribution in [3.8, 4) is 0 Å². The van der Waals surface area contributed by atoms with E-state index in [1.165, 1.54) is 0 Å². The van der Waals surface area contributed by atoms with Crippen molar-refractivity contribution in [3.63, 3.8) is 0 Å². The summed E-state index contributed by atoms with van der Waals surface area (Å²) in [5.41, 5.74) is -10.8. The SMILES string of the molecule is [Li+].[Li+].[NH-]S(=O)(=O)C(F)(F)F.[NH-]S(=O)(=O)C(F)(F)F. The van der Waals surface area contributed by atoms with Gasteiger partial charge in [0, 0.05) is 0 Å². The molecule has 6 nitrogen and oxygen atoms in total. The number of nitrogens with one attached hydrogen (secondary N) is 2. The molecular weight excluding hydrogens is 308 g/mol. The second-order valence-electron chi connectivity index (χ2n) is 1.90. The normalized spacial score (nSPS) is 12.4. The fourth-order valence-corrected chi connectivity index (χ4v) is 0. The molecule has 2 N–H and O–H groups in total. The maximum absolute atomic E-state index is 10.8. The Bertz CT molecular complexity index is 383. The molecule has 0 bridgehead atoms. The van der Waals surface area contributed by atoms with Gasteiger partial charge in [-0.25, -0.2) is 16.8 Å². The minimum atomic E-state index is -5.59. The molecule has 18 heavy (non-hydrogen) atoms. The van der Waals surface area contributed by atoms with Crippen molar-refractivity contribution in [2.45, 2.75) is 11.0 Å². The minimum Gasteiger partial charge on any atom is -0.556 e. The minimum absolute atomic E-state index is 0. The summed E-state index contributed by atoms with van der Waals surface area (Å²) in [5, 5.41) is 10.9. The zero-order valence-electron chi connectivity index (χ0n) is 8.72. The third-order valence-corrected chi connectivity index (χ3v) is 1.83. The fourth-order valence-electron chi connectivity index (χ4n) is 0. The van der Waals surface area contributed by atoms with Crippen LogP contribution in [0.15, 0.2) is 0 Å². The molecule has 0 aromatic rings. The number of alkyl halides is 6. The van der Waals surface area contributed by atoms with E-state index in [1.807, 2.05) is 0 Å². The molecule has 0 aromatic carbocycles. The molecule has 0 saturated heterocycles. The van der Waals surface area contributed by atoms with Gasteiger partial charge in [0.05, 0.1) is 0 Å². The molecule has 0 aromatic heterocycles. The number of sulfonamides is 2. The average Bonchev–Trinajstić information content (AvgIpc) is 1.77. The predicted molar refractivity (Wildman–Crippen MR) is 38.6 cm³/mol. The van der Waals surface area contributed by atoms with Crippen LogP contribution < -0.4 is 37.7 Å². The molecule has 0 heterocycles. The van der Waals surface area contributed by atoms with E-state index in [9.17, 15) is 43.2 Å². The van der Waals surface area contributed by atoms with E-state index in [4.69, 9.17) is 10.3 Å². The van der Waals surface area contributed by atoms with Crippen LogP contribution in [-0.4, -0.2) is 27.9 Å². The van der Waals surface area contributed by atoms with Crippen LogP contribution in [0.2, 0.25) is 0 Å². The van der Waals surface area contributed by atoms with Gasteiger partial charge in [0.2, 0.25) is 0 Å². The van der Waals surface area contributed by atoms with Crippen molar-refractivity contribution in [2.24, 2.45) is 0 Å². The first kappa shape index (κ1) is 27.0. The maximum atomic E-state index is 10.8. The predicted octanol–water partition coefficient (Wildman–Crippen LogP) is -4.22. The van der Waals surface area contributed by atoms with Crippen LogP contribution in [-0.2, 0) is 20.0 Å². The van der Waals surface area contributed by atoms with Gasteiger partial charge in [-0.3, -0.25) is 0 Å². The number of rotatable bonds is 0. The smallest absolute Gasteiger partial charge is 0.556 e. The first-order valence-corrected chi connectivity index (χ1v) is 5.58. The molecule has 0 saturated carbocycles. The van der Waals surface area contributed by atoms with Gasteiger partial charge in [-0.15, -0.1) is 0 Å². The summed E-state index contributed by atoms with van der Waals surface area (Å²) in [6.45, 7) is 0. The average molecular weight is 310 g/mol. The molecular formula is C2H2F6Li2N2O4S2. The molecule has 0 amide bonds. The van der Waals surface area contributed by atoms with Gasteiger partial charge in [-0.1, -0.05) is 0 Å². The van der Waals surface area contributed by atoms with Crippen molar-refractivity contribution >= 4 is 20.0 Å². The van der Waals surface area contributed by atoms with Crippen molar-refractivity contribution < 1.29 is 80.9 Å². The molecule has 0 fully saturated rings. The van der Waals surface area contributed by atoms with Gasteiger partial charge >= 0.3 is 48.7 Å². The van der Waals surface area contributed by atoms with Gasteiger partial charge in [-0.05, 0) is 0 Å². The van der Waals surface area contributed by atoms with Gasteiger partial charge in [-0.2, -0.15) is 26.3 Å². The van der Waals surface area contributed by atoms with Crippen LogP contribution in [0.3, 0.4) is 0 Å². The third kappa shape index (κ3) is 11.7. The summed E-state index contributed by atoms with van der Waals surface area (Å²) in [6.07, 6.45) is 0. The van der Waals surface area contributed by atoms with E-state index in [-0.39, 0.29) is 37.7 Å².